The molecule has 1 saturated heterocycles. The first kappa shape index (κ1) is 17.0. The van der Waals surface area contributed by atoms with Gasteiger partial charge in [-0.1, -0.05) is 0 Å². The number of piperidine rings is 1. The van der Waals surface area contributed by atoms with Gasteiger partial charge in [0.15, 0.2) is 0 Å². The summed E-state index contributed by atoms with van der Waals surface area (Å²) in [6.45, 7) is 3.39. The highest BCUT2D eigenvalue weighted by molar-refractivity contribution is 7.88. The van der Waals surface area contributed by atoms with Gasteiger partial charge in [-0.05, 0) is 49.9 Å². The number of sulfonamides is 1. The van der Waals surface area contributed by atoms with Crippen molar-refractivity contribution in [2.75, 3.05) is 25.9 Å². The minimum absolute atomic E-state index is 0.146. The lowest BCUT2D eigenvalue weighted by Crippen LogP contribution is -2.43. The van der Waals surface area contributed by atoms with E-state index in [1.807, 2.05) is 19.1 Å². The molecule has 0 saturated carbocycles. The third-order valence-corrected chi connectivity index (χ3v) is 5.67. The second-order valence-electron chi connectivity index (χ2n) is 6.45. The highest BCUT2D eigenvalue weighted by Gasteiger charge is 2.26. The van der Waals surface area contributed by atoms with Gasteiger partial charge in [-0.25, -0.2) is 12.7 Å². The van der Waals surface area contributed by atoms with E-state index in [9.17, 15) is 13.2 Å². The van der Waals surface area contributed by atoms with Gasteiger partial charge < -0.3 is 9.73 Å². The summed E-state index contributed by atoms with van der Waals surface area (Å²) in [5, 5.41) is 3.82. The fourth-order valence-electron chi connectivity index (χ4n) is 3.15. The molecule has 0 spiro atoms. The van der Waals surface area contributed by atoms with Crippen molar-refractivity contribution in [3.8, 4) is 0 Å². The Kier molecular flexibility index (Phi) is 4.64. The first-order valence-electron chi connectivity index (χ1n) is 8.06. The van der Waals surface area contributed by atoms with Crippen LogP contribution in [-0.4, -0.2) is 44.5 Å². The number of fused-ring (bicyclic) bond motifs is 1. The van der Waals surface area contributed by atoms with Gasteiger partial charge in [0.25, 0.3) is 5.91 Å². The molecule has 130 valence electrons. The van der Waals surface area contributed by atoms with E-state index in [0.29, 0.717) is 25.2 Å². The number of benzene rings is 1. The predicted octanol–water partition coefficient (Wildman–Crippen LogP) is 2.14. The average molecular weight is 350 g/mol. The molecule has 2 heterocycles. The number of aryl methyl sites for hydroxylation is 1. The van der Waals surface area contributed by atoms with E-state index in [4.69, 9.17) is 4.42 Å². The van der Waals surface area contributed by atoms with E-state index in [-0.39, 0.29) is 11.8 Å². The third kappa shape index (κ3) is 3.79. The zero-order valence-corrected chi connectivity index (χ0v) is 14.7. The fourth-order valence-corrected chi connectivity index (χ4v) is 4.09. The molecular formula is C17H22N2O4S. The Labute approximate surface area is 141 Å². The van der Waals surface area contributed by atoms with Gasteiger partial charge in [-0.3, -0.25) is 4.79 Å². The Morgan fingerprint density at radius 1 is 1.38 bits per heavy atom. The first-order valence-corrected chi connectivity index (χ1v) is 9.91. The maximum Gasteiger partial charge on any atom is 0.251 e. The van der Waals surface area contributed by atoms with Crippen molar-refractivity contribution in [1.82, 2.24) is 9.62 Å². The van der Waals surface area contributed by atoms with Crippen molar-refractivity contribution in [1.29, 1.82) is 0 Å². The summed E-state index contributed by atoms with van der Waals surface area (Å²) in [5.74, 6) is 0.815. The van der Waals surface area contributed by atoms with Crippen LogP contribution >= 0.6 is 0 Å². The van der Waals surface area contributed by atoms with Crippen LogP contribution in [0, 0.1) is 12.8 Å². The van der Waals surface area contributed by atoms with Crippen molar-refractivity contribution in [2.45, 2.75) is 19.8 Å². The summed E-state index contributed by atoms with van der Waals surface area (Å²) in [6, 6.07) is 7.25. The minimum Gasteiger partial charge on any atom is -0.461 e. The van der Waals surface area contributed by atoms with Crippen LogP contribution < -0.4 is 5.32 Å². The Hall–Kier alpha value is -1.86. The molecule has 2 aromatic rings. The highest BCUT2D eigenvalue weighted by atomic mass is 32.2. The topological polar surface area (TPSA) is 79.6 Å². The Morgan fingerprint density at radius 2 is 2.17 bits per heavy atom. The maximum absolute atomic E-state index is 12.3. The van der Waals surface area contributed by atoms with Crippen molar-refractivity contribution >= 4 is 26.9 Å². The zero-order valence-electron chi connectivity index (χ0n) is 13.9. The SMILES string of the molecule is Cc1cc2cc(C(=O)NC[C@@H]3CCCN(S(C)(=O)=O)C3)ccc2o1. The molecule has 1 aliphatic rings. The largest absolute Gasteiger partial charge is 0.461 e. The van der Waals surface area contributed by atoms with Crippen LogP contribution in [0.1, 0.15) is 29.0 Å². The summed E-state index contributed by atoms with van der Waals surface area (Å²) < 4.78 is 30.3. The van der Waals surface area contributed by atoms with Gasteiger partial charge >= 0.3 is 0 Å². The molecule has 1 N–H and O–H groups in total. The molecule has 7 heteroatoms. The van der Waals surface area contributed by atoms with Gasteiger partial charge in [-0.2, -0.15) is 0 Å². The van der Waals surface area contributed by atoms with Crippen LogP contribution in [0.5, 0.6) is 0 Å². The van der Waals surface area contributed by atoms with Crippen LogP contribution in [0.15, 0.2) is 28.7 Å². The van der Waals surface area contributed by atoms with Crippen LogP contribution in [0.25, 0.3) is 11.0 Å². The molecule has 1 aromatic heterocycles. The number of carbonyl (C=O) groups is 1. The number of rotatable bonds is 4. The smallest absolute Gasteiger partial charge is 0.251 e. The average Bonchev–Trinajstić information content (AvgIpc) is 2.91. The standard InChI is InChI=1S/C17H22N2O4S/c1-12-8-15-9-14(5-6-16(15)23-12)17(20)18-10-13-4-3-7-19(11-13)24(2,21)22/h5-6,8-9,13H,3-4,7,10-11H2,1-2H3,(H,18,20)/t13-/m0/s1. The Morgan fingerprint density at radius 3 is 2.92 bits per heavy atom. The molecule has 1 amide bonds. The monoisotopic (exact) mass is 350 g/mol. The lowest BCUT2D eigenvalue weighted by molar-refractivity contribution is 0.0941. The normalized spacial score (nSPS) is 19.5. The number of hydrogen-bond acceptors (Lipinski definition) is 4. The molecule has 0 unspecified atom stereocenters. The molecule has 0 bridgehead atoms. The molecule has 3 rings (SSSR count). The van der Waals surface area contributed by atoms with E-state index in [2.05, 4.69) is 5.32 Å². The van der Waals surface area contributed by atoms with Gasteiger partial charge in [0.05, 0.1) is 6.26 Å². The molecule has 0 aliphatic carbocycles. The lowest BCUT2D eigenvalue weighted by Gasteiger charge is -2.30. The summed E-state index contributed by atoms with van der Waals surface area (Å²) in [5.41, 5.74) is 1.35. The molecule has 1 aliphatic heterocycles. The van der Waals surface area contributed by atoms with Crippen molar-refractivity contribution in [2.24, 2.45) is 5.92 Å². The van der Waals surface area contributed by atoms with Gasteiger partial charge in [0, 0.05) is 30.6 Å². The third-order valence-electron chi connectivity index (χ3n) is 4.40. The summed E-state index contributed by atoms with van der Waals surface area (Å²) in [7, 11) is -3.16. The van der Waals surface area contributed by atoms with Crippen LogP contribution in [-0.2, 0) is 10.0 Å². The maximum atomic E-state index is 12.3. The Bertz CT molecular complexity index is 857. The van der Waals surface area contributed by atoms with Crippen molar-refractivity contribution in [3.63, 3.8) is 0 Å². The zero-order chi connectivity index (χ0) is 17.3. The summed E-state index contributed by atoms with van der Waals surface area (Å²) >= 11 is 0. The Balaban J connectivity index is 1.62. The van der Waals surface area contributed by atoms with Gasteiger partial charge in [-0.15, -0.1) is 0 Å². The number of nitrogens with one attached hydrogen (secondary N) is 1. The van der Waals surface area contributed by atoms with E-state index in [0.717, 1.165) is 29.6 Å². The summed E-state index contributed by atoms with van der Waals surface area (Å²) in [4.78, 5) is 12.3. The van der Waals surface area contributed by atoms with E-state index in [1.165, 1.54) is 10.6 Å². The van der Waals surface area contributed by atoms with Gasteiger partial charge in [0.1, 0.15) is 11.3 Å². The van der Waals surface area contributed by atoms with Crippen LogP contribution in [0.3, 0.4) is 0 Å². The number of furan rings is 1. The lowest BCUT2D eigenvalue weighted by atomic mass is 9.99. The molecule has 6 nitrogen and oxygen atoms in total. The van der Waals surface area contributed by atoms with Crippen LogP contribution in [0.4, 0.5) is 0 Å². The van der Waals surface area contributed by atoms with E-state index in [1.54, 1.807) is 12.1 Å². The second-order valence-corrected chi connectivity index (χ2v) is 8.43. The molecule has 1 atom stereocenters. The number of hydrogen-bond donors (Lipinski definition) is 1. The summed E-state index contributed by atoms with van der Waals surface area (Å²) in [6.07, 6.45) is 2.98. The molecule has 1 fully saturated rings. The predicted molar refractivity (Wildman–Crippen MR) is 92.4 cm³/mol. The fraction of sp³-hybridized carbons (Fsp3) is 0.471. The highest BCUT2D eigenvalue weighted by Crippen LogP contribution is 2.21. The van der Waals surface area contributed by atoms with Crippen molar-refractivity contribution in [3.05, 3.63) is 35.6 Å². The first-order chi connectivity index (χ1) is 11.3. The molecular weight excluding hydrogens is 328 g/mol. The molecule has 1 aromatic carbocycles. The van der Waals surface area contributed by atoms with Gasteiger partial charge in [0.2, 0.25) is 10.0 Å². The quantitative estimate of drug-likeness (QED) is 0.916. The van der Waals surface area contributed by atoms with Crippen LogP contribution in [0.2, 0.25) is 0 Å². The number of nitrogens with zero attached hydrogens (tertiary/aromatic N) is 1. The second kappa shape index (κ2) is 6.57. The molecule has 24 heavy (non-hydrogen) atoms. The number of carbonyl (C=O) groups excluding carboxylic acids is 1. The van der Waals surface area contributed by atoms with E-state index >= 15 is 0 Å². The minimum atomic E-state index is -3.16. The number of amides is 1. The van der Waals surface area contributed by atoms with Crippen molar-refractivity contribution < 1.29 is 17.6 Å². The molecule has 0 radical (unpaired) electrons. The van der Waals surface area contributed by atoms with E-state index < -0.39 is 10.0 Å².